The molecule has 0 radical (unpaired) electrons. The van der Waals surface area contributed by atoms with Crippen molar-refractivity contribution in [3.05, 3.63) is 28.2 Å². The van der Waals surface area contributed by atoms with E-state index < -0.39 is 5.97 Å². The van der Waals surface area contributed by atoms with Crippen molar-refractivity contribution in [2.45, 2.75) is 13.3 Å². The van der Waals surface area contributed by atoms with Crippen LogP contribution in [0.15, 0.2) is 18.2 Å². The monoisotopic (exact) mass is 305 g/mol. The Labute approximate surface area is 122 Å². The minimum atomic E-state index is -0.843. The standard InChI is InChI=1S/C13H17Cl2NO3/c1-2-6-16(9-12(17)18)7-8-19-13-10(14)4-3-5-11(13)15/h3-5H,2,6-9H2,1H3,(H,17,18). The van der Waals surface area contributed by atoms with Crippen molar-refractivity contribution in [2.75, 3.05) is 26.2 Å². The highest BCUT2D eigenvalue weighted by Gasteiger charge is 2.10. The van der Waals surface area contributed by atoms with Crippen molar-refractivity contribution >= 4 is 29.2 Å². The first-order valence-corrected chi connectivity index (χ1v) is 6.81. The summed E-state index contributed by atoms with van der Waals surface area (Å²) in [6.07, 6.45) is 0.889. The Bertz CT molecular complexity index is 406. The van der Waals surface area contributed by atoms with Crippen molar-refractivity contribution in [3.63, 3.8) is 0 Å². The SMILES string of the molecule is CCCN(CCOc1c(Cl)cccc1Cl)CC(=O)O. The second kappa shape index (κ2) is 8.25. The molecule has 0 saturated heterocycles. The van der Waals surface area contributed by atoms with Gasteiger partial charge in [-0.25, -0.2) is 0 Å². The zero-order valence-electron chi connectivity index (χ0n) is 10.7. The van der Waals surface area contributed by atoms with Gasteiger partial charge in [-0.3, -0.25) is 9.69 Å². The molecule has 1 N–H and O–H groups in total. The third-order valence-corrected chi connectivity index (χ3v) is 3.07. The van der Waals surface area contributed by atoms with Crippen LogP contribution in [-0.4, -0.2) is 42.2 Å². The number of aliphatic carboxylic acids is 1. The van der Waals surface area contributed by atoms with E-state index in [1.165, 1.54) is 0 Å². The van der Waals surface area contributed by atoms with E-state index in [0.29, 0.717) is 35.5 Å². The van der Waals surface area contributed by atoms with Gasteiger partial charge in [0.05, 0.1) is 16.6 Å². The molecule has 0 aliphatic rings. The van der Waals surface area contributed by atoms with E-state index in [2.05, 4.69) is 0 Å². The average molecular weight is 306 g/mol. The lowest BCUT2D eigenvalue weighted by atomic mass is 10.3. The number of rotatable bonds is 8. The minimum Gasteiger partial charge on any atom is -0.489 e. The molecule has 0 saturated carbocycles. The number of hydrogen-bond donors (Lipinski definition) is 1. The van der Waals surface area contributed by atoms with Crippen LogP contribution in [0.3, 0.4) is 0 Å². The first kappa shape index (κ1) is 16.1. The van der Waals surface area contributed by atoms with E-state index in [1.54, 1.807) is 18.2 Å². The van der Waals surface area contributed by atoms with Crippen LogP contribution in [0.25, 0.3) is 0 Å². The Kier molecular flexibility index (Phi) is 6.99. The van der Waals surface area contributed by atoms with Gasteiger partial charge < -0.3 is 9.84 Å². The normalized spacial score (nSPS) is 10.7. The average Bonchev–Trinajstić information content (AvgIpc) is 2.32. The largest absolute Gasteiger partial charge is 0.489 e. The molecule has 0 bridgehead atoms. The number of halogens is 2. The lowest BCUT2D eigenvalue weighted by Crippen LogP contribution is -2.34. The number of carboxylic acids is 1. The molecule has 0 fully saturated rings. The highest BCUT2D eigenvalue weighted by atomic mass is 35.5. The molecule has 0 heterocycles. The van der Waals surface area contributed by atoms with E-state index in [1.807, 2.05) is 11.8 Å². The van der Waals surface area contributed by atoms with Crippen LogP contribution in [0, 0.1) is 0 Å². The van der Waals surface area contributed by atoms with Crippen LogP contribution in [0.2, 0.25) is 10.0 Å². The van der Waals surface area contributed by atoms with E-state index >= 15 is 0 Å². The van der Waals surface area contributed by atoms with Crippen molar-refractivity contribution < 1.29 is 14.6 Å². The highest BCUT2D eigenvalue weighted by Crippen LogP contribution is 2.32. The third-order valence-electron chi connectivity index (χ3n) is 2.47. The molecular weight excluding hydrogens is 289 g/mol. The molecule has 106 valence electrons. The number of para-hydroxylation sites is 1. The molecule has 0 unspecified atom stereocenters. The van der Waals surface area contributed by atoms with Gasteiger partial charge in [0.15, 0.2) is 5.75 Å². The third kappa shape index (κ3) is 5.68. The summed E-state index contributed by atoms with van der Waals surface area (Å²) >= 11 is 11.9. The summed E-state index contributed by atoms with van der Waals surface area (Å²) in [5, 5.41) is 9.69. The maximum atomic E-state index is 10.7. The smallest absolute Gasteiger partial charge is 0.317 e. The minimum absolute atomic E-state index is 0.00739. The Hall–Kier alpha value is -0.970. The molecule has 1 aromatic carbocycles. The molecule has 0 spiro atoms. The summed E-state index contributed by atoms with van der Waals surface area (Å²) in [5.74, 6) is -0.401. The number of carbonyl (C=O) groups is 1. The Morgan fingerprint density at radius 1 is 1.32 bits per heavy atom. The van der Waals surface area contributed by atoms with Gasteiger partial charge >= 0.3 is 5.97 Å². The summed E-state index contributed by atoms with van der Waals surface area (Å²) in [7, 11) is 0. The lowest BCUT2D eigenvalue weighted by Gasteiger charge is -2.19. The predicted octanol–water partition coefficient (Wildman–Crippen LogP) is 3.17. The number of benzene rings is 1. The molecule has 0 atom stereocenters. The second-order valence-electron chi connectivity index (χ2n) is 4.07. The van der Waals surface area contributed by atoms with Crippen LogP contribution in [0.1, 0.15) is 13.3 Å². The zero-order chi connectivity index (χ0) is 14.3. The molecule has 1 aromatic rings. The Balaban J connectivity index is 2.49. The molecule has 1 rings (SSSR count). The second-order valence-corrected chi connectivity index (χ2v) is 4.88. The Morgan fingerprint density at radius 2 is 1.95 bits per heavy atom. The fraction of sp³-hybridized carbons (Fsp3) is 0.462. The van der Waals surface area contributed by atoms with Crippen molar-refractivity contribution in [1.82, 2.24) is 4.90 Å². The van der Waals surface area contributed by atoms with E-state index in [9.17, 15) is 4.79 Å². The van der Waals surface area contributed by atoms with Gasteiger partial charge in [-0.15, -0.1) is 0 Å². The van der Waals surface area contributed by atoms with Crippen LogP contribution >= 0.6 is 23.2 Å². The summed E-state index contributed by atoms with van der Waals surface area (Å²) in [5.41, 5.74) is 0. The number of nitrogens with zero attached hydrogens (tertiary/aromatic N) is 1. The number of carboxylic acid groups (broad SMARTS) is 1. The number of ether oxygens (including phenoxy) is 1. The fourth-order valence-electron chi connectivity index (χ4n) is 1.67. The van der Waals surface area contributed by atoms with Crippen LogP contribution in [-0.2, 0) is 4.79 Å². The topological polar surface area (TPSA) is 49.8 Å². The summed E-state index contributed by atoms with van der Waals surface area (Å²) in [4.78, 5) is 12.5. The molecule has 19 heavy (non-hydrogen) atoms. The van der Waals surface area contributed by atoms with Crippen molar-refractivity contribution in [3.8, 4) is 5.75 Å². The first-order valence-electron chi connectivity index (χ1n) is 6.05. The summed E-state index contributed by atoms with van der Waals surface area (Å²) in [6, 6.07) is 5.14. The van der Waals surface area contributed by atoms with Crippen LogP contribution in [0.4, 0.5) is 0 Å². The van der Waals surface area contributed by atoms with Crippen LogP contribution in [0.5, 0.6) is 5.75 Å². The maximum absolute atomic E-state index is 10.7. The van der Waals surface area contributed by atoms with Crippen molar-refractivity contribution in [2.24, 2.45) is 0 Å². The van der Waals surface area contributed by atoms with Gasteiger partial charge in [-0.2, -0.15) is 0 Å². The van der Waals surface area contributed by atoms with E-state index in [-0.39, 0.29) is 6.54 Å². The molecular formula is C13H17Cl2NO3. The molecule has 0 aliphatic carbocycles. The maximum Gasteiger partial charge on any atom is 0.317 e. The van der Waals surface area contributed by atoms with Gasteiger partial charge in [-0.05, 0) is 25.1 Å². The van der Waals surface area contributed by atoms with Gasteiger partial charge in [0, 0.05) is 6.54 Å². The van der Waals surface area contributed by atoms with Gasteiger partial charge in [0.25, 0.3) is 0 Å². The van der Waals surface area contributed by atoms with Gasteiger partial charge in [-0.1, -0.05) is 36.2 Å². The fourth-order valence-corrected chi connectivity index (χ4v) is 2.18. The Morgan fingerprint density at radius 3 is 2.47 bits per heavy atom. The highest BCUT2D eigenvalue weighted by molar-refractivity contribution is 6.37. The lowest BCUT2D eigenvalue weighted by molar-refractivity contribution is -0.138. The molecule has 6 heteroatoms. The van der Waals surface area contributed by atoms with Crippen molar-refractivity contribution in [1.29, 1.82) is 0 Å². The number of hydrogen-bond acceptors (Lipinski definition) is 3. The van der Waals surface area contributed by atoms with Crippen LogP contribution < -0.4 is 4.74 Å². The first-order chi connectivity index (χ1) is 9.04. The molecule has 4 nitrogen and oxygen atoms in total. The summed E-state index contributed by atoms with van der Waals surface area (Å²) in [6.45, 7) is 3.58. The molecule has 0 aromatic heterocycles. The van der Waals surface area contributed by atoms with Gasteiger partial charge in [0.2, 0.25) is 0 Å². The quantitative estimate of drug-likeness (QED) is 0.801. The zero-order valence-corrected chi connectivity index (χ0v) is 12.2. The predicted molar refractivity (Wildman–Crippen MR) is 76.3 cm³/mol. The summed E-state index contributed by atoms with van der Waals surface area (Å²) < 4.78 is 5.53. The van der Waals surface area contributed by atoms with E-state index in [4.69, 9.17) is 33.0 Å². The molecule has 0 aliphatic heterocycles. The van der Waals surface area contributed by atoms with Gasteiger partial charge in [0.1, 0.15) is 6.61 Å². The van der Waals surface area contributed by atoms with E-state index in [0.717, 1.165) is 6.42 Å². The molecule has 0 amide bonds.